The van der Waals surface area contributed by atoms with E-state index in [9.17, 15) is 14.9 Å². The maximum atomic E-state index is 12.5. The van der Waals surface area contributed by atoms with E-state index in [1.165, 1.54) is 35.1 Å². The van der Waals surface area contributed by atoms with Crippen LogP contribution in [-0.2, 0) is 4.79 Å². The molecule has 172 valence electrons. The van der Waals surface area contributed by atoms with E-state index in [2.05, 4.69) is 39.9 Å². The Labute approximate surface area is 200 Å². The summed E-state index contributed by atoms with van der Waals surface area (Å²) in [7, 11) is 0. The summed E-state index contributed by atoms with van der Waals surface area (Å²) < 4.78 is 5.83. The molecule has 2 aromatic carbocycles. The van der Waals surface area contributed by atoms with Crippen molar-refractivity contribution in [1.82, 2.24) is 4.90 Å². The number of benzene rings is 2. The summed E-state index contributed by atoms with van der Waals surface area (Å²) in [6.45, 7) is 5.43. The molecule has 0 bridgehead atoms. The molecule has 1 saturated heterocycles. The van der Waals surface area contributed by atoms with Gasteiger partial charge in [0, 0.05) is 55.6 Å². The average molecular weight is 475 g/mol. The predicted molar refractivity (Wildman–Crippen MR) is 134 cm³/mol. The number of carbonyl (C=O) groups is 1. The first kappa shape index (κ1) is 22.0. The van der Waals surface area contributed by atoms with Crippen LogP contribution in [0, 0.1) is 17.0 Å². The quantitative estimate of drug-likeness (QED) is 0.300. The van der Waals surface area contributed by atoms with Crippen molar-refractivity contribution >= 4 is 40.3 Å². The van der Waals surface area contributed by atoms with Crippen LogP contribution in [0.4, 0.5) is 11.4 Å². The highest BCUT2D eigenvalue weighted by Gasteiger charge is 2.29. The van der Waals surface area contributed by atoms with Crippen LogP contribution < -0.4 is 4.90 Å². The van der Waals surface area contributed by atoms with Gasteiger partial charge in [-0.3, -0.25) is 14.9 Å². The topological polar surface area (TPSA) is 92.2 Å². The number of anilines is 1. The highest BCUT2D eigenvalue weighted by Crippen LogP contribution is 2.33. The Bertz CT molecular complexity index is 1320. The van der Waals surface area contributed by atoms with Crippen LogP contribution in [0.1, 0.15) is 11.3 Å². The SMILES string of the molecule is Cc1ccccc1N1CCN(C2=NC(=O)/C(=C/c3ccc(-c4cccc([N+](=O)[O-])c4)o3)S2)CC1. The zero-order valence-electron chi connectivity index (χ0n) is 18.5. The zero-order valence-corrected chi connectivity index (χ0v) is 19.3. The number of thioether (sulfide) groups is 1. The van der Waals surface area contributed by atoms with Gasteiger partial charge in [0.05, 0.1) is 9.83 Å². The third-order valence-corrected chi connectivity index (χ3v) is 6.90. The van der Waals surface area contributed by atoms with E-state index in [0.717, 1.165) is 26.2 Å². The molecule has 0 unspecified atom stereocenters. The molecule has 34 heavy (non-hydrogen) atoms. The van der Waals surface area contributed by atoms with Crippen molar-refractivity contribution in [3.8, 4) is 11.3 Å². The first-order valence-electron chi connectivity index (χ1n) is 10.9. The summed E-state index contributed by atoms with van der Waals surface area (Å²) in [6, 6.07) is 18.1. The average Bonchev–Trinajstić information content (AvgIpc) is 3.47. The largest absolute Gasteiger partial charge is 0.457 e. The molecule has 0 radical (unpaired) electrons. The lowest BCUT2D eigenvalue weighted by Crippen LogP contribution is -2.48. The molecule has 2 aliphatic rings. The fourth-order valence-corrected chi connectivity index (χ4v) is 5.02. The lowest BCUT2D eigenvalue weighted by atomic mass is 10.1. The predicted octanol–water partition coefficient (Wildman–Crippen LogP) is 4.96. The van der Waals surface area contributed by atoms with E-state index in [1.807, 2.05) is 6.07 Å². The number of furan rings is 1. The van der Waals surface area contributed by atoms with Gasteiger partial charge >= 0.3 is 0 Å². The molecule has 3 aromatic rings. The maximum Gasteiger partial charge on any atom is 0.286 e. The molecule has 3 heterocycles. The monoisotopic (exact) mass is 474 g/mol. The molecule has 0 atom stereocenters. The molecule has 8 nitrogen and oxygen atoms in total. The minimum Gasteiger partial charge on any atom is -0.457 e. The van der Waals surface area contributed by atoms with Gasteiger partial charge in [0.15, 0.2) is 5.17 Å². The third kappa shape index (κ3) is 4.47. The van der Waals surface area contributed by atoms with Gasteiger partial charge in [-0.05, 0) is 42.4 Å². The summed E-state index contributed by atoms with van der Waals surface area (Å²) in [5, 5.41) is 11.7. The van der Waals surface area contributed by atoms with Crippen molar-refractivity contribution in [3.05, 3.63) is 87.0 Å². The highest BCUT2D eigenvalue weighted by atomic mass is 32.2. The van der Waals surface area contributed by atoms with Gasteiger partial charge in [0.1, 0.15) is 11.5 Å². The number of amides is 1. The van der Waals surface area contributed by atoms with Crippen LogP contribution in [0.15, 0.2) is 75.0 Å². The van der Waals surface area contributed by atoms with Crippen molar-refractivity contribution < 1.29 is 14.1 Å². The molecule has 0 saturated carbocycles. The second kappa shape index (κ2) is 9.18. The number of para-hydroxylation sites is 1. The lowest BCUT2D eigenvalue weighted by Gasteiger charge is -2.37. The zero-order chi connectivity index (χ0) is 23.7. The maximum absolute atomic E-state index is 12.5. The number of hydrogen-bond acceptors (Lipinski definition) is 7. The molecule has 2 aliphatic heterocycles. The van der Waals surface area contributed by atoms with Crippen molar-refractivity contribution in [1.29, 1.82) is 0 Å². The smallest absolute Gasteiger partial charge is 0.286 e. The first-order chi connectivity index (χ1) is 16.5. The lowest BCUT2D eigenvalue weighted by molar-refractivity contribution is -0.384. The van der Waals surface area contributed by atoms with Gasteiger partial charge in [-0.1, -0.05) is 30.3 Å². The summed E-state index contributed by atoms with van der Waals surface area (Å²) >= 11 is 1.35. The molecule has 1 amide bonds. The van der Waals surface area contributed by atoms with Crippen molar-refractivity contribution in [2.75, 3.05) is 31.1 Å². The minimum absolute atomic E-state index is 0.00380. The molecule has 9 heteroatoms. The van der Waals surface area contributed by atoms with E-state index >= 15 is 0 Å². The summed E-state index contributed by atoms with van der Waals surface area (Å²) in [5.41, 5.74) is 3.10. The standard InChI is InChI=1S/C25H22N4O4S/c1-17-5-2-3-8-21(17)27-11-13-28(14-12-27)25-26-24(30)23(34-25)16-20-9-10-22(33-20)18-6-4-7-19(15-18)29(31)32/h2-10,15-16H,11-14H2,1H3/b23-16-. The van der Waals surface area contributed by atoms with Crippen LogP contribution in [-0.4, -0.2) is 47.1 Å². The molecular formula is C25H22N4O4S. The van der Waals surface area contributed by atoms with Gasteiger partial charge in [0.2, 0.25) is 0 Å². The number of nitrogens with zero attached hydrogens (tertiary/aromatic N) is 4. The Balaban J connectivity index is 1.25. The molecule has 0 spiro atoms. The van der Waals surface area contributed by atoms with Gasteiger partial charge in [-0.2, -0.15) is 4.99 Å². The molecule has 0 N–H and O–H groups in total. The van der Waals surface area contributed by atoms with Crippen LogP contribution in [0.5, 0.6) is 0 Å². The Kier molecular flexibility index (Phi) is 5.93. The number of aryl methyl sites for hydroxylation is 1. The second-order valence-electron chi connectivity index (χ2n) is 8.08. The van der Waals surface area contributed by atoms with Crippen LogP contribution in [0.2, 0.25) is 0 Å². The normalized spacial score (nSPS) is 17.4. The summed E-state index contributed by atoms with van der Waals surface area (Å²) in [6.07, 6.45) is 1.67. The Morgan fingerprint density at radius 3 is 2.56 bits per heavy atom. The molecule has 5 rings (SSSR count). The molecule has 0 aliphatic carbocycles. The minimum atomic E-state index is -0.442. The summed E-state index contributed by atoms with van der Waals surface area (Å²) in [5.74, 6) is 0.715. The van der Waals surface area contributed by atoms with E-state index in [-0.39, 0.29) is 11.6 Å². The van der Waals surface area contributed by atoms with E-state index in [4.69, 9.17) is 4.42 Å². The first-order valence-corrected chi connectivity index (χ1v) is 11.7. The van der Waals surface area contributed by atoms with Gasteiger partial charge in [-0.25, -0.2) is 0 Å². The number of rotatable bonds is 4. The van der Waals surface area contributed by atoms with E-state index < -0.39 is 4.92 Å². The van der Waals surface area contributed by atoms with Crippen LogP contribution >= 0.6 is 11.8 Å². The summed E-state index contributed by atoms with van der Waals surface area (Å²) in [4.78, 5) is 32.4. The third-order valence-electron chi connectivity index (χ3n) is 5.86. The van der Waals surface area contributed by atoms with Crippen LogP contribution in [0.25, 0.3) is 17.4 Å². The number of aliphatic imine (C=N–C) groups is 1. The van der Waals surface area contributed by atoms with E-state index in [0.29, 0.717) is 27.2 Å². The number of non-ortho nitro benzene ring substituents is 1. The van der Waals surface area contributed by atoms with Crippen molar-refractivity contribution in [3.63, 3.8) is 0 Å². The number of piperazine rings is 1. The second-order valence-corrected chi connectivity index (χ2v) is 9.09. The number of nitro groups is 1. The fourth-order valence-electron chi connectivity index (χ4n) is 4.08. The Morgan fingerprint density at radius 2 is 1.79 bits per heavy atom. The van der Waals surface area contributed by atoms with Crippen molar-refractivity contribution in [2.45, 2.75) is 6.92 Å². The van der Waals surface area contributed by atoms with Crippen LogP contribution in [0.3, 0.4) is 0 Å². The number of hydrogen-bond donors (Lipinski definition) is 0. The highest BCUT2D eigenvalue weighted by molar-refractivity contribution is 8.18. The number of carbonyl (C=O) groups excluding carboxylic acids is 1. The van der Waals surface area contributed by atoms with Gasteiger partial charge in [0.25, 0.3) is 11.6 Å². The van der Waals surface area contributed by atoms with Crippen molar-refractivity contribution in [2.24, 2.45) is 4.99 Å². The number of amidine groups is 1. The van der Waals surface area contributed by atoms with E-state index in [1.54, 1.807) is 30.3 Å². The Morgan fingerprint density at radius 1 is 1.03 bits per heavy atom. The van der Waals surface area contributed by atoms with Gasteiger partial charge in [-0.15, -0.1) is 0 Å². The molecule has 1 fully saturated rings. The molecular weight excluding hydrogens is 452 g/mol. The van der Waals surface area contributed by atoms with Gasteiger partial charge < -0.3 is 14.2 Å². The molecule has 1 aromatic heterocycles. The fraction of sp³-hybridized carbons (Fsp3) is 0.200. The number of nitro benzene ring substituents is 1. The Hall–Kier alpha value is -3.85.